The minimum atomic E-state index is -0.543. The van der Waals surface area contributed by atoms with Crippen LogP contribution in [0.1, 0.15) is 39.3 Å². The summed E-state index contributed by atoms with van der Waals surface area (Å²) in [6.45, 7) is 6.75. The van der Waals surface area contributed by atoms with E-state index in [1.807, 2.05) is 61.7 Å². The molecule has 194 valence electrons. The third kappa shape index (κ3) is 5.57. The molecule has 1 atom stereocenters. The van der Waals surface area contributed by atoms with Gasteiger partial charge in [0.2, 0.25) is 5.95 Å². The first-order chi connectivity index (χ1) is 18.3. The Morgan fingerprint density at radius 1 is 1.16 bits per heavy atom. The molecule has 1 aliphatic heterocycles. The molecule has 3 aromatic heterocycles. The number of nitrogens with zero attached hydrogens (tertiary/aromatic N) is 7. The van der Waals surface area contributed by atoms with Crippen molar-refractivity contribution >= 4 is 22.9 Å². The number of benzene rings is 1. The van der Waals surface area contributed by atoms with Crippen LogP contribution in [0.4, 0.5) is 10.7 Å². The first-order valence-electron chi connectivity index (χ1n) is 12.7. The van der Waals surface area contributed by atoms with Gasteiger partial charge in [-0.05, 0) is 51.8 Å². The quantitative estimate of drug-likeness (QED) is 0.408. The highest BCUT2D eigenvalue weighted by Crippen LogP contribution is 2.25. The Morgan fingerprint density at radius 2 is 2.00 bits per heavy atom. The SMILES string of the molecule is CC(C)(C)OC(=O)N1CCCC(Nc2nccc(-n3c(CC#N)cnc3-c3ccc4ccccc4n3)n2)C1. The molecule has 0 aliphatic carbocycles. The van der Waals surface area contributed by atoms with Crippen LogP contribution >= 0.6 is 0 Å². The normalized spacial score (nSPS) is 15.7. The van der Waals surface area contributed by atoms with Gasteiger partial charge in [-0.2, -0.15) is 10.2 Å². The maximum atomic E-state index is 12.6. The third-order valence-electron chi connectivity index (χ3n) is 6.20. The Balaban J connectivity index is 1.42. The second-order valence-corrected chi connectivity index (χ2v) is 10.3. The number of pyridine rings is 1. The van der Waals surface area contributed by atoms with Crippen LogP contribution in [-0.2, 0) is 11.2 Å². The summed E-state index contributed by atoms with van der Waals surface area (Å²) in [6.07, 6.45) is 4.94. The zero-order chi connectivity index (χ0) is 26.7. The van der Waals surface area contributed by atoms with Crippen LogP contribution < -0.4 is 5.32 Å². The van der Waals surface area contributed by atoms with E-state index >= 15 is 0 Å². The van der Waals surface area contributed by atoms with Gasteiger partial charge in [0.1, 0.15) is 17.1 Å². The van der Waals surface area contributed by atoms with Crippen LogP contribution in [0.25, 0.3) is 28.2 Å². The molecule has 1 saturated heterocycles. The summed E-state index contributed by atoms with van der Waals surface area (Å²) in [4.78, 5) is 32.9. The van der Waals surface area contributed by atoms with Crippen molar-refractivity contribution in [1.82, 2.24) is 29.4 Å². The van der Waals surface area contributed by atoms with Gasteiger partial charge in [0.05, 0.1) is 29.9 Å². The van der Waals surface area contributed by atoms with E-state index in [1.54, 1.807) is 23.4 Å². The molecule has 1 fully saturated rings. The molecular weight excluding hydrogens is 480 g/mol. The Morgan fingerprint density at radius 3 is 2.82 bits per heavy atom. The lowest BCUT2D eigenvalue weighted by Crippen LogP contribution is -2.47. The maximum absolute atomic E-state index is 12.6. The zero-order valence-electron chi connectivity index (χ0n) is 21.8. The topological polar surface area (TPSA) is 122 Å². The number of fused-ring (bicyclic) bond motifs is 1. The molecule has 1 aliphatic rings. The highest BCUT2D eigenvalue weighted by atomic mass is 16.6. The van der Waals surface area contributed by atoms with Crippen LogP contribution in [0.2, 0.25) is 0 Å². The van der Waals surface area contributed by atoms with Crippen molar-refractivity contribution in [2.45, 2.75) is 51.7 Å². The predicted molar refractivity (Wildman–Crippen MR) is 144 cm³/mol. The van der Waals surface area contributed by atoms with Crippen molar-refractivity contribution in [3.05, 3.63) is 60.6 Å². The molecular formula is C28H30N8O2. The lowest BCUT2D eigenvalue weighted by Gasteiger charge is -2.34. The van der Waals surface area contributed by atoms with Gasteiger partial charge in [-0.25, -0.2) is 19.7 Å². The van der Waals surface area contributed by atoms with Gasteiger partial charge in [0, 0.05) is 30.7 Å². The Bertz CT molecular complexity index is 1500. The number of likely N-dealkylation sites (tertiary alicyclic amines) is 1. The highest BCUT2D eigenvalue weighted by molar-refractivity contribution is 5.80. The number of carbonyl (C=O) groups is 1. The van der Waals surface area contributed by atoms with Crippen molar-refractivity contribution < 1.29 is 9.53 Å². The van der Waals surface area contributed by atoms with E-state index in [9.17, 15) is 10.1 Å². The van der Waals surface area contributed by atoms with Crippen molar-refractivity contribution in [3.63, 3.8) is 0 Å². The first kappa shape index (κ1) is 25.1. The molecule has 1 aromatic carbocycles. The van der Waals surface area contributed by atoms with E-state index in [4.69, 9.17) is 14.7 Å². The number of hydrogen-bond acceptors (Lipinski definition) is 8. The molecule has 38 heavy (non-hydrogen) atoms. The smallest absolute Gasteiger partial charge is 0.410 e. The fourth-order valence-corrected chi connectivity index (χ4v) is 4.53. The molecule has 0 saturated carbocycles. The summed E-state index contributed by atoms with van der Waals surface area (Å²) in [7, 11) is 0. The van der Waals surface area contributed by atoms with Gasteiger partial charge in [-0.15, -0.1) is 0 Å². The predicted octanol–water partition coefficient (Wildman–Crippen LogP) is 4.75. The van der Waals surface area contributed by atoms with Crippen molar-refractivity contribution in [1.29, 1.82) is 5.26 Å². The van der Waals surface area contributed by atoms with E-state index < -0.39 is 5.60 Å². The second kappa shape index (κ2) is 10.5. The maximum Gasteiger partial charge on any atom is 0.410 e. The van der Waals surface area contributed by atoms with Gasteiger partial charge in [-0.1, -0.05) is 24.3 Å². The molecule has 0 radical (unpaired) electrons. The van der Waals surface area contributed by atoms with Crippen LogP contribution in [0, 0.1) is 11.3 Å². The van der Waals surface area contributed by atoms with Crippen molar-refractivity contribution in [3.8, 4) is 23.4 Å². The average Bonchev–Trinajstić information content (AvgIpc) is 3.32. The van der Waals surface area contributed by atoms with Crippen LogP contribution in [0.5, 0.6) is 0 Å². The molecule has 4 aromatic rings. The summed E-state index contributed by atoms with van der Waals surface area (Å²) in [5.41, 5.74) is 1.70. The summed E-state index contributed by atoms with van der Waals surface area (Å²) in [5, 5.41) is 13.8. The second-order valence-electron chi connectivity index (χ2n) is 10.3. The average molecular weight is 511 g/mol. The number of aromatic nitrogens is 5. The van der Waals surface area contributed by atoms with Crippen molar-refractivity contribution in [2.75, 3.05) is 18.4 Å². The van der Waals surface area contributed by atoms with Gasteiger partial charge in [-0.3, -0.25) is 4.57 Å². The van der Waals surface area contributed by atoms with Gasteiger partial charge in [0.25, 0.3) is 0 Å². The van der Waals surface area contributed by atoms with Crippen LogP contribution in [0.3, 0.4) is 0 Å². The van der Waals surface area contributed by atoms with Gasteiger partial charge < -0.3 is 15.0 Å². The Kier molecular flexibility index (Phi) is 6.92. The number of hydrogen-bond donors (Lipinski definition) is 1. The number of para-hydroxylation sites is 1. The van der Waals surface area contributed by atoms with Gasteiger partial charge >= 0.3 is 6.09 Å². The number of imidazole rings is 1. The minimum absolute atomic E-state index is 0.0190. The Hall–Kier alpha value is -4.52. The summed E-state index contributed by atoms with van der Waals surface area (Å²) in [5.74, 6) is 1.61. The van der Waals surface area contributed by atoms with Crippen LogP contribution in [-0.4, -0.2) is 60.2 Å². The van der Waals surface area contributed by atoms with E-state index in [-0.39, 0.29) is 18.6 Å². The fourth-order valence-electron chi connectivity index (χ4n) is 4.53. The lowest BCUT2D eigenvalue weighted by molar-refractivity contribution is 0.0206. The monoisotopic (exact) mass is 510 g/mol. The number of rotatable bonds is 5. The van der Waals surface area contributed by atoms with E-state index in [2.05, 4.69) is 21.4 Å². The number of nitrogens with one attached hydrogen (secondary N) is 1. The minimum Gasteiger partial charge on any atom is -0.444 e. The molecule has 10 nitrogen and oxygen atoms in total. The number of anilines is 1. The zero-order valence-corrected chi connectivity index (χ0v) is 21.8. The summed E-state index contributed by atoms with van der Waals surface area (Å²) in [6, 6.07) is 15.8. The van der Waals surface area contributed by atoms with E-state index in [0.29, 0.717) is 42.1 Å². The fraction of sp³-hybridized carbons (Fsp3) is 0.357. The summed E-state index contributed by atoms with van der Waals surface area (Å²) < 4.78 is 7.40. The van der Waals surface area contributed by atoms with E-state index in [1.165, 1.54) is 0 Å². The summed E-state index contributed by atoms with van der Waals surface area (Å²) >= 11 is 0. The van der Waals surface area contributed by atoms with E-state index in [0.717, 1.165) is 23.7 Å². The molecule has 10 heteroatoms. The molecule has 1 unspecified atom stereocenters. The molecule has 1 amide bonds. The van der Waals surface area contributed by atoms with Gasteiger partial charge in [0.15, 0.2) is 5.82 Å². The number of nitriles is 1. The molecule has 1 N–H and O–H groups in total. The third-order valence-corrected chi connectivity index (χ3v) is 6.20. The highest BCUT2D eigenvalue weighted by Gasteiger charge is 2.28. The molecule has 0 spiro atoms. The largest absolute Gasteiger partial charge is 0.444 e. The molecule has 4 heterocycles. The first-order valence-corrected chi connectivity index (χ1v) is 12.7. The number of piperidine rings is 1. The standard InChI is InChI=1S/C28H30N8O2/c1-28(2,3)38-27(37)35-16-6-8-20(18-35)32-26-30-15-13-24(34-26)36-21(12-14-29)17-31-25(36)23-11-10-19-7-4-5-9-22(19)33-23/h4-5,7,9-11,13,15,17,20H,6,8,12,16,18H2,1-3H3,(H,30,32,34). The molecule has 5 rings (SSSR count). The van der Waals surface area contributed by atoms with Crippen LogP contribution in [0.15, 0.2) is 54.9 Å². The lowest BCUT2D eigenvalue weighted by atomic mass is 10.1. The Labute approximate surface area is 221 Å². The number of amides is 1. The molecule has 0 bridgehead atoms. The van der Waals surface area contributed by atoms with Crippen molar-refractivity contribution in [2.24, 2.45) is 0 Å². The number of carbonyl (C=O) groups excluding carboxylic acids is 1. The number of ether oxygens (including phenoxy) is 1.